The first-order valence-electron chi connectivity index (χ1n) is 5.41. The number of carbonyl (C=O) groups is 1. The van der Waals surface area contributed by atoms with Crippen LogP contribution in [0.25, 0.3) is 0 Å². The van der Waals surface area contributed by atoms with Gasteiger partial charge >= 0.3 is 0 Å². The molecule has 0 radical (unpaired) electrons. The van der Waals surface area contributed by atoms with Crippen LogP contribution >= 0.6 is 0 Å². The molecule has 0 spiro atoms. The van der Waals surface area contributed by atoms with Crippen LogP contribution in [0.3, 0.4) is 0 Å². The van der Waals surface area contributed by atoms with Gasteiger partial charge in [-0.1, -0.05) is 42.5 Å². The standard InChI is InChI=1S/C14H12O4/c15-13(10-6-2-1-3-7-10)14(16)11-8-4-5-9-12(11)18-17/h1-9,13,15,17H. The lowest BCUT2D eigenvalue weighted by Crippen LogP contribution is -2.13. The smallest absolute Gasteiger partial charge is 0.199 e. The Morgan fingerprint density at radius 1 is 1.00 bits per heavy atom. The molecule has 0 aliphatic rings. The van der Waals surface area contributed by atoms with Crippen molar-refractivity contribution in [2.75, 3.05) is 0 Å². The van der Waals surface area contributed by atoms with Gasteiger partial charge in [0.15, 0.2) is 11.5 Å². The van der Waals surface area contributed by atoms with Crippen molar-refractivity contribution < 1.29 is 20.0 Å². The van der Waals surface area contributed by atoms with E-state index in [2.05, 4.69) is 4.89 Å². The van der Waals surface area contributed by atoms with E-state index in [9.17, 15) is 9.90 Å². The number of para-hydroxylation sites is 1. The first-order chi connectivity index (χ1) is 8.74. The van der Waals surface area contributed by atoms with Crippen LogP contribution in [0.5, 0.6) is 5.75 Å². The zero-order valence-corrected chi connectivity index (χ0v) is 9.48. The van der Waals surface area contributed by atoms with Crippen LogP contribution in [0.4, 0.5) is 0 Å². The number of aliphatic hydroxyl groups is 1. The second kappa shape index (κ2) is 5.44. The van der Waals surface area contributed by atoms with Crippen LogP contribution < -0.4 is 4.89 Å². The fourth-order valence-electron chi connectivity index (χ4n) is 1.68. The van der Waals surface area contributed by atoms with Gasteiger partial charge in [-0.2, -0.15) is 0 Å². The Labute approximate surface area is 104 Å². The fourth-order valence-corrected chi connectivity index (χ4v) is 1.68. The van der Waals surface area contributed by atoms with Crippen molar-refractivity contribution in [2.45, 2.75) is 6.10 Å². The predicted octanol–water partition coefficient (Wildman–Crippen LogP) is 2.45. The number of rotatable bonds is 4. The molecule has 0 saturated heterocycles. The fraction of sp³-hybridized carbons (Fsp3) is 0.0714. The summed E-state index contributed by atoms with van der Waals surface area (Å²) in [6.45, 7) is 0. The summed E-state index contributed by atoms with van der Waals surface area (Å²) in [5, 5.41) is 18.7. The van der Waals surface area contributed by atoms with Gasteiger partial charge in [0.2, 0.25) is 0 Å². The lowest BCUT2D eigenvalue weighted by Gasteiger charge is -2.11. The summed E-state index contributed by atoms with van der Waals surface area (Å²) in [5.41, 5.74) is 0.631. The Morgan fingerprint density at radius 3 is 2.28 bits per heavy atom. The first kappa shape index (κ1) is 12.3. The molecule has 0 fully saturated rings. The molecule has 2 aromatic carbocycles. The van der Waals surface area contributed by atoms with E-state index in [1.807, 2.05) is 0 Å². The van der Waals surface area contributed by atoms with Crippen molar-refractivity contribution >= 4 is 5.78 Å². The van der Waals surface area contributed by atoms with Crippen molar-refractivity contribution in [2.24, 2.45) is 0 Å². The molecular formula is C14H12O4. The third kappa shape index (κ3) is 2.40. The molecule has 92 valence electrons. The molecule has 0 saturated carbocycles. The summed E-state index contributed by atoms with van der Waals surface area (Å²) < 4.78 is 0. The molecule has 0 amide bonds. The van der Waals surface area contributed by atoms with E-state index in [1.54, 1.807) is 42.5 Å². The van der Waals surface area contributed by atoms with E-state index >= 15 is 0 Å². The summed E-state index contributed by atoms with van der Waals surface area (Å²) >= 11 is 0. The summed E-state index contributed by atoms with van der Waals surface area (Å²) in [7, 11) is 0. The number of carbonyl (C=O) groups excluding carboxylic acids is 1. The van der Waals surface area contributed by atoms with Gasteiger partial charge in [0.25, 0.3) is 0 Å². The molecule has 2 aromatic rings. The minimum atomic E-state index is -1.28. The highest BCUT2D eigenvalue weighted by atomic mass is 17.1. The lowest BCUT2D eigenvalue weighted by molar-refractivity contribution is -0.138. The molecule has 1 atom stereocenters. The van der Waals surface area contributed by atoms with Gasteiger partial charge in [-0.05, 0) is 17.7 Å². The molecule has 0 aliphatic carbocycles. The lowest BCUT2D eigenvalue weighted by atomic mass is 9.99. The Kier molecular flexibility index (Phi) is 3.72. The average molecular weight is 244 g/mol. The van der Waals surface area contributed by atoms with Gasteiger partial charge in [-0.15, -0.1) is 0 Å². The van der Waals surface area contributed by atoms with Crippen LogP contribution in [0.2, 0.25) is 0 Å². The Balaban J connectivity index is 2.32. The molecule has 4 nitrogen and oxygen atoms in total. The highest BCUT2D eigenvalue weighted by Crippen LogP contribution is 2.24. The molecule has 0 heterocycles. The van der Waals surface area contributed by atoms with Gasteiger partial charge in [-0.25, -0.2) is 5.26 Å². The van der Waals surface area contributed by atoms with Crippen LogP contribution in [0.1, 0.15) is 22.0 Å². The molecule has 2 rings (SSSR count). The highest BCUT2D eigenvalue weighted by molar-refractivity contribution is 6.02. The van der Waals surface area contributed by atoms with E-state index in [-0.39, 0.29) is 11.3 Å². The van der Waals surface area contributed by atoms with E-state index in [1.165, 1.54) is 12.1 Å². The van der Waals surface area contributed by atoms with Crippen molar-refractivity contribution in [3.05, 3.63) is 65.7 Å². The zero-order valence-electron chi connectivity index (χ0n) is 9.48. The van der Waals surface area contributed by atoms with Gasteiger partial charge < -0.3 is 9.99 Å². The minimum absolute atomic E-state index is 0.0254. The first-order valence-corrected chi connectivity index (χ1v) is 5.41. The summed E-state index contributed by atoms with van der Waals surface area (Å²) in [6, 6.07) is 14.8. The van der Waals surface area contributed by atoms with Crippen molar-refractivity contribution in [1.82, 2.24) is 0 Å². The molecular weight excluding hydrogens is 232 g/mol. The van der Waals surface area contributed by atoms with Gasteiger partial charge in [0, 0.05) is 0 Å². The zero-order chi connectivity index (χ0) is 13.0. The minimum Gasteiger partial charge on any atom is -0.380 e. The highest BCUT2D eigenvalue weighted by Gasteiger charge is 2.22. The summed E-state index contributed by atoms with van der Waals surface area (Å²) in [4.78, 5) is 16.2. The molecule has 2 N–H and O–H groups in total. The summed E-state index contributed by atoms with van der Waals surface area (Å²) in [6.07, 6.45) is -1.28. The predicted molar refractivity (Wildman–Crippen MR) is 65.4 cm³/mol. The van der Waals surface area contributed by atoms with Crippen LogP contribution in [0, 0.1) is 0 Å². The topological polar surface area (TPSA) is 66.8 Å². The normalized spacial score (nSPS) is 11.9. The molecule has 0 bridgehead atoms. The Hall–Kier alpha value is -2.17. The molecule has 1 unspecified atom stereocenters. The van der Waals surface area contributed by atoms with Crippen LogP contribution in [0.15, 0.2) is 54.6 Å². The largest absolute Gasteiger partial charge is 0.380 e. The second-order valence-corrected chi connectivity index (χ2v) is 3.76. The SMILES string of the molecule is O=C(c1ccccc1OO)C(O)c1ccccc1. The van der Waals surface area contributed by atoms with Crippen molar-refractivity contribution in [3.63, 3.8) is 0 Å². The third-order valence-corrected chi connectivity index (χ3v) is 2.61. The Morgan fingerprint density at radius 2 is 1.61 bits per heavy atom. The number of hydrogen-bond acceptors (Lipinski definition) is 4. The number of ketones is 1. The monoisotopic (exact) mass is 244 g/mol. The second-order valence-electron chi connectivity index (χ2n) is 3.76. The molecule has 0 aromatic heterocycles. The van der Waals surface area contributed by atoms with Crippen LogP contribution in [-0.2, 0) is 0 Å². The van der Waals surface area contributed by atoms with E-state index in [4.69, 9.17) is 5.26 Å². The number of benzene rings is 2. The van der Waals surface area contributed by atoms with Gasteiger partial charge in [0.05, 0.1) is 5.56 Å². The number of hydrogen-bond donors (Lipinski definition) is 2. The van der Waals surface area contributed by atoms with E-state index in [0.29, 0.717) is 5.56 Å². The third-order valence-electron chi connectivity index (χ3n) is 2.61. The van der Waals surface area contributed by atoms with E-state index < -0.39 is 11.9 Å². The van der Waals surface area contributed by atoms with Crippen molar-refractivity contribution in [1.29, 1.82) is 0 Å². The average Bonchev–Trinajstić information content (AvgIpc) is 2.46. The maximum Gasteiger partial charge on any atom is 0.199 e. The molecule has 0 aliphatic heterocycles. The van der Waals surface area contributed by atoms with Gasteiger partial charge in [0.1, 0.15) is 6.10 Å². The maximum atomic E-state index is 12.1. The summed E-state index contributed by atoms with van der Waals surface area (Å²) in [5.74, 6) is -0.497. The van der Waals surface area contributed by atoms with Gasteiger partial charge in [-0.3, -0.25) is 4.79 Å². The number of aliphatic hydroxyl groups excluding tert-OH is 1. The molecule has 18 heavy (non-hydrogen) atoms. The number of Topliss-reactive ketones (excluding diaryl/α,β-unsaturated/α-hetero) is 1. The van der Waals surface area contributed by atoms with Crippen molar-refractivity contribution in [3.8, 4) is 5.75 Å². The molecule has 4 heteroatoms. The maximum absolute atomic E-state index is 12.1. The van der Waals surface area contributed by atoms with E-state index in [0.717, 1.165) is 0 Å². The Bertz CT molecular complexity index is 537. The van der Waals surface area contributed by atoms with Crippen LogP contribution in [-0.4, -0.2) is 16.1 Å². The quantitative estimate of drug-likeness (QED) is 0.492.